The first-order valence-corrected chi connectivity index (χ1v) is 8.79. The van der Waals surface area contributed by atoms with Gasteiger partial charge in [0.25, 0.3) is 0 Å². The molecule has 0 saturated heterocycles. The van der Waals surface area contributed by atoms with Crippen molar-refractivity contribution in [2.45, 2.75) is 6.42 Å². The van der Waals surface area contributed by atoms with Crippen LogP contribution in [0.5, 0.6) is 0 Å². The largest absolute Gasteiger partial charge is 0.325 e. The second kappa shape index (κ2) is 7.11. The van der Waals surface area contributed by atoms with Crippen LogP contribution in [0.15, 0.2) is 35.3 Å². The van der Waals surface area contributed by atoms with Crippen LogP contribution in [0.25, 0.3) is 6.08 Å². The highest BCUT2D eigenvalue weighted by Crippen LogP contribution is 2.34. The fourth-order valence-electron chi connectivity index (χ4n) is 2.15. The Hall–Kier alpha value is -1.59. The number of hydrogen-bond donors (Lipinski definition) is 3. The molecule has 1 unspecified atom stereocenters. The van der Waals surface area contributed by atoms with Crippen LogP contribution in [0.4, 0.5) is 5.69 Å². The molecular formula is C15H19N2O4P. The second-order valence-electron chi connectivity index (χ2n) is 5.30. The van der Waals surface area contributed by atoms with Gasteiger partial charge in [0.2, 0.25) is 0 Å². The molecule has 1 aromatic carbocycles. The first-order chi connectivity index (χ1) is 10.4. The summed E-state index contributed by atoms with van der Waals surface area (Å²) in [5.41, 5.74) is 0.911. The fourth-order valence-corrected chi connectivity index (χ4v) is 2.72. The lowest BCUT2D eigenvalue weighted by Gasteiger charge is -2.19. The number of benzene rings is 1. The number of aldehydes is 1. The number of carbonyl (C=O) groups is 1. The van der Waals surface area contributed by atoms with Crippen LogP contribution < -0.4 is 5.32 Å². The highest BCUT2D eigenvalue weighted by molar-refractivity contribution is 7.51. The third-order valence-electron chi connectivity index (χ3n) is 3.41. The van der Waals surface area contributed by atoms with Gasteiger partial charge in [0.15, 0.2) is 0 Å². The van der Waals surface area contributed by atoms with Crippen molar-refractivity contribution >= 4 is 31.9 Å². The Labute approximate surface area is 129 Å². The van der Waals surface area contributed by atoms with Crippen LogP contribution in [-0.2, 0) is 9.36 Å². The molecule has 0 amide bonds. The lowest BCUT2D eigenvalue weighted by Crippen LogP contribution is -2.36. The number of nitrogens with one attached hydrogen (secondary N) is 1. The molecule has 1 atom stereocenters. The number of para-hydroxylation sites is 1. The number of rotatable bonds is 7. The summed E-state index contributed by atoms with van der Waals surface area (Å²) in [7, 11) is -3.96. The Balaban J connectivity index is 1.97. The van der Waals surface area contributed by atoms with E-state index >= 15 is 0 Å². The van der Waals surface area contributed by atoms with Crippen LogP contribution in [0.3, 0.4) is 0 Å². The molecule has 1 heterocycles. The van der Waals surface area contributed by atoms with Crippen LogP contribution in [0, 0.1) is 5.41 Å². The third kappa shape index (κ3) is 4.71. The van der Waals surface area contributed by atoms with E-state index in [4.69, 9.17) is 9.79 Å². The van der Waals surface area contributed by atoms with Gasteiger partial charge < -0.3 is 19.9 Å². The summed E-state index contributed by atoms with van der Waals surface area (Å²) >= 11 is 0. The zero-order valence-corrected chi connectivity index (χ0v) is 12.9. The number of fused-ring (bicyclic) bond motifs is 1. The number of hydrogen-bond acceptors (Lipinski definition) is 4. The van der Waals surface area contributed by atoms with Gasteiger partial charge in [-0.3, -0.25) is 9.56 Å². The molecule has 0 fully saturated rings. The zero-order chi connectivity index (χ0) is 16.1. The van der Waals surface area contributed by atoms with Gasteiger partial charge in [0.1, 0.15) is 6.29 Å². The minimum Gasteiger partial charge on any atom is -0.324 e. The maximum Gasteiger partial charge on any atom is 0.325 e. The Morgan fingerprint density at radius 3 is 2.82 bits per heavy atom. The molecule has 0 spiro atoms. The van der Waals surface area contributed by atoms with Crippen molar-refractivity contribution in [3.8, 4) is 0 Å². The van der Waals surface area contributed by atoms with Crippen molar-refractivity contribution in [2.24, 2.45) is 10.4 Å². The van der Waals surface area contributed by atoms with Crippen molar-refractivity contribution in [1.82, 2.24) is 5.32 Å². The van der Waals surface area contributed by atoms with Gasteiger partial charge in [-0.25, -0.2) is 0 Å². The lowest BCUT2D eigenvalue weighted by atomic mass is 9.90. The van der Waals surface area contributed by atoms with E-state index in [2.05, 4.69) is 10.3 Å². The number of nitrogens with zero attached hydrogens (tertiary/aromatic N) is 1. The summed E-state index contributed by atoms with van der Waals surface area (Å²) < 4.78 is 10.8. The molecule has 0 aliphatic carbocycles. The molecule has 1 aliphatic rings. The van der Waals surface area contributed by atoms with E-state index in [9.17, 15) is 9.36 Å². The maximum absolute atomic E-state index is 11.5. The number of aliphatic imine (C=N–C) groups is 1. The predicted molar refractivity (Wildman–Crippen MR) is 86.5 cm³/mol. The highest BCUT2D eigenvalue weighted by atomic mass is 31.2. The first kappa shape index (κ1) is 16.8. The van der Waals surface area contributed by atoms with Crippen LogP contribution >= 0.6 is 7.60 Å². The monoisotopic (exact) mass is 322 g/mol. The molecule has 22 heavy (non-hydrogen) atoms. The molecule has 0 saturated carbocycles. The van der Waals surface area contributed by atoms with Crippen molar-refractivity contribution < 1.29 is 19.1 Å². The van der Waals surface area contributed by atoms with E-state index in [1.165, 1.54) is 0 Å². The van der Waals surface area contributed by atoms with Crippen LogP contribution in [-0.4, -0.2) is 41.5 Å². The average Bonchev–Trinajstić information content (AvgIpc) is 2.67. The first-order valence-electron chi connectivity index (χ1n) is 6.99. The normalized spacial score (nSPS) is 20.5. The summed E-state index contributed by atoms with van der Waals surface area (Å²) in [4.78, 5) is 33.5. The van der Waals surface area contributed by atoms with Crippen molar-refractivity contribution in [3.63, 3.8) is 0 Å². The summed E-state index contributed by atoms with van der Waals surface area (Å²) in [6.07, 6.45) is 6.29. The van der Waals surface area contributed by atoms with Crippen LogP contribution in [0.1, 0.15) is 12.0 Å². The fraction of sp³-hybridized carbons (Fsp3) is 0.333. The SMILES string of the molecule is O=CC1(CNCCCP(=O)(O)O)C=Cc2ccccc2N=C1. The van der Waals surface area contributed by atoms with Gasteiger partial charge in [0.05, 0.1) is 17.3 Å². The van der Waals surface area contributed by atoms with Gasteiger partial charge >= 0.3 is 7.60 Å². The summed E-state index contributed by atoms with van der Waals surface area (Å²) in [5.74, 6) is 0. The standard InChI is InChI=1S/C15H19N2O4P/c18-12-15(10-16-8-3-9-22(19,20)21)7-6-13-4-1-2-5-14(13)17-11-15/h1-2,4-7,11-12,16H,3,8-10H2,(H2,19,20,21). The summed E-state index contributed by atoms with van der Waals surface area (Å²) in [6.45, 7) is 0.765. The molecule has 7 heteroatoms. The Morgan fingerprint density at radius 2 is 2.09 bits per heavy atom. The Kier molecular flexibility index (Phi) is 5.42. The molecule has 0 aromatic heterocycles. The van der Waals surface area contributed by atoms with E-state index in [1.807, 2.05) is 30.3 Å². The van der Waals surface area contributed by atoms with Crippen molar-refractivity contribution in [3.05, 3.63) is 35.9 Å². The molecule has 1 aliphatic heterocycles. The summed E-state index contributed by atoms with van der Waals surface area (Å²) in [5, 5.41) is 3.06. The van der Waals surface area contributed by atoms with E-state index in [0.29, 0.717) is 19.5 Å². The molecule has 1 aromatic rings. The molecule has 0 radical (unpaired) electrons. The minimum absolute atomic E-state index is 0.163. The maximum atomic E-state index is 11.5. The van der Waals surface area contributed by atoms with Gasteiger partial charge in [-0.15, -0.1) is 0 Å². The highest BCUT2D eigenvalue weighted by Gasteiger charge is 2.25. The minimum atomic E-state index is -3.96. The predicted octanol–water partition coefficient (Wildman–Crippen LogP) is 1.76. The Morgan fingerprint density at radius 1 is 1.32 bits per heavy atom. The molecule has 118 valence electrons. The van der Waals surface area contributed by atoms with Crippen LogP contribution in [0.2, 0.25) is 0 Å². The zero-order valence-electron chi connectivity index (χ0n) is 12.1. The number of carbonyl (C=O) groups excluding carboxylic acids is 1. The lowest BCUT2D eigenvalue weighted by molar-refractivity contribution is -0.111. The van der Waals surface area contributed by atoms with Gasteiger partial charge in [-0.2, -0.15) is 0 Å². The van der Waals surface area contributed by atoms with E-state index in [-0.39, 0.29) is 6.16 Å². The second-order valence-corrected chi connectivity index (χ2v) is 7.08. The molecule has 2 rings (SSSR count). The van der Waals surface area contributed by atoms with E-state index in [0.717, 1.165) is 17.5 Å². The smallest absolute Gasteiger partial charge is 0.324 e. The van der Waals surface area contributed by atoms with Crippen molar-refractivity contribution in [1.29, 1.82) is 0 Å². The quantitative estimate of drug-likeness (QED) is 0.403. The van der Waals surface area contributed by atoms with Gasteiger partial charge in [-0.05, 0) is 24.6 Å². The van der Waals surface area contributed by atoms with E-state index < -0.39 is 13.0 Å². The van der Waals surface area contributed by atoms with E-state index in [1.54, 1.807) is 12.3 Å². The topological polar surface area (TPSA) is 99.0 Å². The Bertz CT molecular complexity index is 603. The molecule has 6 nitrogen and oxygen atoms in total. The summed E-state index contributed by atoms with van der Waals surface area (Å²) in [6, 6.07) is 7.60. The van der Waals surface area contributed by atoms with Gasteiger partial charge in [0, 0.05) is 12.8 Å². The average molecular weight is 322 g/mol. The molecule has 0 bridgehead atoms. The third-order valence-corrected chi connectivity index (χ3v) is 4.31. The van der Waals surface area contributed by atoms with Gasteiger partial charge in [-0.1, -0.05) is 30.4 Å². The molecule has 3 N–H and O–H groups in total. The van der Waals surface area contributed by atoms with Crippen molar-refractivity contribution in [2.75, 3.05) is 19.3 Å². The molecular weight excluding hydrogens is 303 g/mol.